The Morgan fingerprint density at radius 1 is 1.08 bits per heavy atom. The summed E-state index contributed by atoms with van der Waals surface area (Å²) in [5, 5.41) is 1.01. The number of piperazine rings is 1. The molecule has 2 heterocycles. The molecule has 1 aromatic heterocycles. The van der Waals surface area contributed by atoms with E-state index in [9.17, 15) is 9.18 Å². The van der Waals surface area contributed by atoms with E-state index < -0.39 is 0 Å². The van der Waals surface area contributed by atoms with Crippen LogP contribution < -0.4 is 0 Å². The molecular formula is C20H19BrFN3O. The van der Waals surface area contributed by atoms with Gasteiger partial charge < -0.3 is 9.88 Å². The number of H-pyrrole nitrogens is 1. The molecule has 0 aliphatic carbocycles. The normalized spacial score (nSPS) is 15.5. The summed E-state index contributed by atoms with van der Waals surface area (Å²) in [4.78, 5) is 20.0. The first-order chi connectivity index (χ1) is 12.6. The monoisotopic (exact) mass is 415 g/mol. The molecule has 0 radical (unpaired) electrons. The van der Waals surface area contributed by atoms with Crippen molar-refractivity contribution in [2.75, 3.05) is 26.2 Å². The summed E-state index contributed by atoms with van der Waals surface area (Å²) >= 11 is 3.45. The van der Waals surface area contributed by atoms with Gasteiger partial charge in [-0.1, -0.05) is 34.1 Å². The predicted octanol–water partition coefficient (Wildman–Crippen LogP) is 4.03. The van der Waals surface area contributed by atoms with Crippen LogP contribution in [-0.2, 0) is 6.54 Å². The lowest BCUT2D eigenvalue weighted by Crippen LogP contribution is -2.48. The molecule has 134 valence electrons. The Morgan fingerprint density at radius 2 is 1.85 bits per heavy atom. The van der Waals surface area contributed by atoms with Gasteiger partial charge in [0.05, 0.1) is 0 Å². The van der Waals surface area contributed by atoms with Crippen LogP contribution in [0.1, 0.15) is 16.1 Å². The highest BCUT2D eigenvalue weighted by Gasteiger charge is 2.23. The van der Waals surface area contributed by atoms with Crippen LogP contribution in [0.25, 0.3) is 10.9 Å². The Morgan fingerprint density at radius 3 is 2.62 bits per heavy atom. The number of nitrogens with zero attached hydrogens (tertiary/aromatic N) is 2. The number of hydrogen-bond acceptors (Lipinski definition) is 2. The van der Waals surface area contributed by atoms with E-state index in [0.717, 1.165) is 28.5 Å². The van der Waals surface area contributed by atoms with Gasteiger partial charge in [-0.15, -0.1) is 0 Å². The van der Waals surface area contributed by atoms with Crippen molar-refractivity contribution in [1.29, 1.82) is 0 Å². The van der Waals surface area contributed by atoms with Crippen molar-refractivity contribution in [3.8, 4) is 0 Å². The first-order valence-corrected chi connectivity index (χ1v) is 9.43. The number of halogens is 2. The van der Waals surface area contributed by atoms with Crippen LogP contribution in [0.5, 0.6) is 0 Å². The lowest BCUT2D eigenvalue weighted by molar-refractivity contribution is 0.0622. The van der Waals surface area contributed by atoms with Gasteiger partial charge in [-0.2, -0.15) is 0 Å². The van der Waals surface area contributed by atoms with E-state index >= 15 is 0 Å². The fraction of sp³-hybridized carbons (Fsp3) is 0.250. The average Bonchev–Trinajstić information content (AvgIpc) is 3.07. The standard InChI is InChI=1S/C20H19BrFN3O/c21-16-5-6-18-15(11-16)12-19(23-18)20(26)25-9-7-24(8-10-25)13-14-3-1-2-4-17(14)22/h1-6,11-12,23H,7-10,13H2. The quantitative estimate of drug-likeness (QED) is 0.701. The van der Waals surface area contributed by atoms with Crippen molar-refractivity contribution in [3.63, 3.8) is 0 Å². The number of carbonyl (C=O) groups excluding carboxylic acids is 1. The molecule has 1 saturated heterocycles. The Balaban J connectivity index is 1.40. The lowest BCUT2D eigenvalue weighted by Gasteiger charge is -2.34. The number of hydrogen-bond donors (Lipinski definition) is 1. The fourth-order valence-electron chi connectivity index (χ4n) is 3.37. The van der Waals surface area contributed by atoms with Crippen molar-refractivity contribution in [3.05, 3.63) is 70.1 Å². The van der Waals surface area contributed by atoms with Crippen LogP contribution in [0.2, 0.25) is 0 Å². The van der Waals surface area contributed by atoms with E-state index in [4.69, 9.17) is 0 Å². The summed E-state index contributed by atoms with van der Waals surface area (Å²) in [5.74, 6) is -0.155. The first-order valence-electron chi connectivity index (χ1n) is 8.63. The maximum Gasteiger partial charge on any atom is 0.270 e. The van der Waals surface area contributed by atoms with Crippen molar-refractivity contribution < 1.29 is 9.18 Å². The Hall–Kier alpha value is -2.18. The minimum atomic E-state index is -0.171. The second-order valence-electron chi connectivity index (χ2n) is 6.57. The minimum Gasteiger partial charge on any atom is -0.351 e. The Bertz CT molecular complexity index is 947. The molecule has 0 unspecified atom stereocenters. The van der Waals surface area contributed by atoms with Crippen LogP contribution >= 0.6 is 15.9 Å². The molecule has 0 atom stereocenters. The van der Waals surface area contributed by atoms with Gasteiger partial charge in [-0.25, -0.2) is 4.39 Å². The van der Waals surface area contributed by atoms with Gasteiger partial charge in [-0.05, 0) is 30.3 Å². The van der Waals surface area contributed by atoms with Gasteiger partial charge in [0.15, 0.2) is 0 Å². The zero-order valence-electron chi connectivity index (χ0n) is 14.2. The lowest BCUT2D eigenvalue weighted by atomic mass is 10.2. The highest BCUT2D eigenvalue weighted by molar-refractivity contribution is 9.10. The SMILES string of the molecule is O=C(c1cc2cc(Br)ccc2[nH]1)N1CCN(Cc2ccccc2F)CC1. The largest absolute Gasteiger partial charge is 0.351 e. The van der Waals surface area contributed by atoms with Crippen LogP contribution in [0.15, 0.2) is 53.0 Å². The highest BCUT2D eigenvalue weighted by atomic mass is 79.9. The molecule has 1 N–H and O–H groups in total. The maximum atomic E-state index is 13.8. The van der Waals surface area contributed by atoms with Crippen LogP contribution in [0.4, 0.5) is 4.39 Å². The molecular weight excluding hydrogens is 397 g/mol. The fourth-order valence-corrected chi connectivity index (χ4v) is 3.74. The molecule has 2 aromatic carbocycles. The number of aromatic amines is 1. The molecule has 1 amide bonds. The Labute approximate surface area is 159 Å². The molecule has 1 fully saturated rings. The summed E-state index contributed by atoms with van der Waals surface area (Å²) in [6, 6.07) is 14.7. The van der Waals surface area contributed by atoms with E-state index in [-0.39, 0.29) is 11.7 Å². The van der Waals surface area contributed by atoms with E-state index in [0.29, 0.717) is 30.9 Å². The zero-order valence-corrected chi connectivity index (χ0v) is 15.8. The van der Waals surface area contributed by atoms with E-state index in [1.54, 1.807) is 6.07 Å². The molecule has 1 aliphatic rings. The second kappa shape index (κ2) is 7.21. The van der Waals surface area contributed by atoms with Gasteiger partial charge in [-0.3, -0.25) is 9.69 Å². The van der Waals surface area contributed by atoms with Gasteiger partial charge in [0, 0.05) is 53.7 Å². The van der Waals surface area contributed by atoms with Crippen molar-refractivity contribution in [2.24, 2.45) is 0 Å². The van der Waals surface area contributed by atoms with E-state index in [1.807, 2.05) is 41.3 Å². The van der Waals surface area contributed by atoms with Crippen molar-refractivity contribution in [2.45, 2.75) is 6.54 Å². The van der Waals surface area contributed by atoms with Crippen molar-refractivity contribution in [1.82, 2.24) is 14.8 Å². The van der Waals surface area contributed by atoms with E-state index in [2.05, 4.69) is 25.8 Å². The number of fused-ring (bicyclic) bond motifs is 1. The number of nitrogens with one attached hydrogen (secondary N) is 1. The van der Waals surface area contributed by atoms with Gasteiger partial charge >= 0.3 is 0 Å². The number of amides is 1. The third-order valence-electron chi connectivity index (χ3n) is 4.82. The molecule has 4 nitrogen and oxygen atoms in total. The number of carbonyl (C=O) groups is 1. The summed E-state index contributed by atoms with van der Waals surface area (Å²) in [6.45, 7) is 3.35. The topological polar surface area (TPSA) is 39.3 Å². The number of aromatic nitrogens is 1. The van der Waals surface area contributed by atoms with Gasteiger partial charge in [0.1, 0.15) is 11.5 Å². The van der Waals surface area contributed by atoms with Gasteiger partial charge in [0.25, 0.3) is 5.91 Å². The summed E-state index contributed by atoms with van der Waals surface area (Å²) < 4.78 is 14.8. The minimum absolute atomic E-state index is 0.0165. The molecule has 1 aliphatic heterocycles. The molecule has 0 spiro atoms. The molecule has 3 aromatic rings. The Kier molecular flexibility index (Phi) is 4.78. The van der Waals surface area contributed by atoms with Crippen molar-refractivity contribution >= 4 is 32.7 Å². The van der Waals surface area contributed by atoms with Crippen LogP contribution in [0.3, 0.4) is 0 Å². The number of rotatable bonds is 3. The van der Waals surface area contributed by atoms with E-state index in [1.165, 1.54) is 6.07 Å². The summed E-state index contributed by atoms with van der Waals surface area (Å²) in [7, 11) is 0. The van der Waals surface area contributed by atoms with Crippen LogP contribution in [-0.4, -0.2) is 46.9 Å². The predicted molar refractivity (Wildman–Crippen MR) is 104 cm³/mol. The highest BCUT2D eigenvalue weighted by Crippen LogP contribution is 2.22. The second-order valence-corrected chi connectivity index (χ2v) is 7.49. The third-order valence-corrected chi connectivity index (χ3v) is 5.32. The summed E-state index contributed by atoms with van der Waals surface area (Å²) in [5.41, 5.74) is 2.27. The third kappa shape index (κ3) is 3.52. The van der Waals surface area contributed by atoms with Gasteiger partial charge in [0.2, 0.25) is 0 Å². The molecule has 26 heavy (non-hydrogen) atoms. The molecule has 4 rings (SSSR count). The maximum absolute atomic E-state index is 13.8. The van der Waals surface area contributed by atoms with Crippen LogP contribution in [0, 0.1) is 5.82 Å². The molecule has 6 heteroatoms. The summed E-state index contributed by atoms with van der Waals surface area (Å²) in [6.07, 6.45) is 0. The number of benzene rings is 2. The molecule has 0 saturated carbocycles. The first kappa shape index (κ1) is 17.2. The molecule has 0 bridgehead atoms. The zero-order chi connectivity index (χ0) is 18.1. The smallest absolute Gasteiger partial charge is 0.270 e. The average molecular weight is 416 g/mol.